The number of rotatable bonds is 2. The first-order valence-corrected chi connectivity index (χ1v) is 4.82. The van der Waals surface area contributed by atoms with E-state index in [1.807, 2.05) is 0 Å². The van der Waals surface area contributed by atoms with E-state index in [0.717, 1.165) is 5.92 Å². The molecule has 2 atom stereocenters. The molecule has 0 radical (unpaired) electrons. The van der Waals surface area contributed by atoms with Crippen LogP contribution in [0.25, 0.3) is 0 Å². The second-order valence-electron chi connectivity index (χ2n) is 4.09. The molecular formula is C9H18N2. The van der Waals surface area contributed by atoms with Gasteiger partial charge >= 0.3 is 0 Å². The fourth-order valence-electron chi connectivity index (χ4n) is 2.21. The van der Waals surface area contributed by atoms with Gasteiger partial charge in [-0.15, -0.1) is 0 Å². The first-order valence-electron chi connectivity index (χ1n) is 4.82. The fourth-order valence-corrected chi connectivity index (χ4v) is 2.21. The molecule has 1 aliphatic heterocycles. The highest BCUT2D eigenvalue weighted by molar-refractivity contribution is 4.81. The van der Waals surface area contributed by atoms with E-state index >= 15 is 0 Å². The van der Waals surface area contributed by atoms with Gasteiger partial charge in [0.05, 0.1) is 0 Å². The third kappa shape index (κ3) is 1.74. The summed E-state index contributed by atoms with van der Waals surface area (Å²) in [6, 6.07) is 0.515. The maximum Gasteiger partial charge on any atom is 0.00420 e. The summed E-state index contributed by atoms with van der Waals surface area (Å²) in [6.45, 7) is 4.01. The molecule has 0 amide bonds. The zero-order valence-corrected chi connectivity index (χ0v) is 7.13. The van der Waals surface area contributed by atoms with Crippen LogP contribution < -0.4 is 5.73 Å². The Hall–Kier alpha value is -0.0800. The standard InChI is InChI=1S/C9H18N2/c10-9-3-2-8(6-9)7-11-4-1-5-11/h8-9H,1-7,10H2. The molecule has 64 valence electrons. The Labute approximate surface area is 68.7 Å². The molecule has 2 nitrogen and oxygen atoms in total. The average molecular weight is 154 g/mol. The summed E-state index contributed by atoms with van der Waals surface area (Å²) < 4.78 is 0. The minimum Gasteiger partial charge on any atom is -0.328 e. The zero-order chi connectivity index (χ0) is 7.68. The van der Waals surface area contributed by atoms with Crippen molar-refractivity contribution < 1.29 is 0 Å². The summed E-state index contributed by atoms with van der Waals surface area (Å²) in [7, 11) is 0. The lowest BCUT2D eigenvalue weighted by Crippen LogP contribution is -2.40. The maximum atomic E-state index is 5.84. The van der Waals surface area contributed by atoms with Crippen molar-refractivity contribution in [3.8, 4) is 0 Å². The predicted octanol–water partition coefficient (Wildman–Crippen LogP) is 0.819. The molecule has 0 bridgehead atoms. The highest BCUT2D eigenvalue weighted by Crippen LogP contribution is 2.26. The van der Waals surface area contributed by atoms with E-state index in [1.54, 1.807) is 0 Å². The van der Waals surface area contributed by atoms with Gasteiger partial charge in [-0.2, -0.15) is 0 Å². The van der Waals surface area contributed by atoms with Crippen LogP contribution in [0.2, 0.25) is 0 Å². The summed E-state index contributed by atoms with van der Waals surface area (Å²) >= 11 is 0. The van der Waals surface area contributed by atoms with E-state index in [-0.39, 0.29) is 0 Å². The van der Waals surface area contributed by atoms with Crippen LogP contribution in [0.3, 0.4) is 0 Å². The van der Waals surface area contributed by atoms with E-state index < -0.39 is 0 Å². The first kappa shape index (κ1) is 7.56. The summed E-state index contributed by atoms with van der Waals surface area (Å²) in [5.74, 6) is 0.922. The topological polar surface area (TPSA) is 29.3 Å². The Morgan fingerprint density at radius 2 is 2.09 bits per heavy atom. The van der Waals surface area contributed by atoms with Gasteiger partial charge in [-0.1, -0.05) is 0 Å². The maximum absolute atomic E-state index is 5.84. The van der Waals surface area contributed by atoms with E-state index in [4.69, 9.17) is 5.73 Å². The van der Waals surface area contributed by atoms with E-state index in [0.29, 0.717) is 6.04 Å². The third-order valence-corrected chi connectivity index (χ3v) is 3.05. The number of nitrogens with zero attached hydrogens (tertiary/aromatic N) is 1. The second-order valence-corrected chi connectivity index (χ2v) is 4.09. The molecule has 2 rings (SSSR count). The number of hydrogen-bond donors (Lipinski definition) is 1. The largest absolute Gasteiger partial charge is 0.328 e. The summed E-state index contributed by atoms with van der Waals surface area (Å²) in [5.41, 5.74) is 5.84. The van der Waals surface area contributed by atoms with E-state index in [1.165, 1.54) is 45.3 Å². The number of hydrogen-bond acceptors (Lipinski definition) is 2. The molecule has 0 aromatic heterocycles. The van der Waals surface area contributed by atoms with Gasteiger partial charge in [-0.3, -0.25) is 0 Å². The molecule has 2 aliphatic rings. The van der Waals surface area contributed by atoms with Crippen molar-refractivity contribution in [3.05, 3.63) is 0 Å². The van der Waals surface area contributed by atoms with Gasteiger partial charge in [0, 0.05) is 12.6 Å². The van der Waals surface area contributed by atoms with Gasteiger partial charge < -0.3 is 10.6 Å². The van der Waals surface area contributed by atoms with Crippen molar-refractivity contribution in [1.82, 2.24) is 4.90 Å². The number of likely N-dealkylation sites (tertiary alicyclic amines) is 1. The molecule has 1 aliphatic carbocycles. The molecule has 0 aromatic rings. The lowest BCUT2D eigenvalue weighted by molar-refractivity contribution is 0.153. The van der Waals surface area contributed by atoms with E-state index in [9.17, 15) is 0 Å². The van der Waals surface area contributed by atoms with Gasteiger partial charge in [0.25, 0.3) is 0 Å². The molecule has 2 unspecified atom stereocenters. The molecule has 11 heavy (non-hydrogen) atoms. The Morgan fingerprint density at radius 1 is 1.27 bits per heavy atom. The van der Waals surface area contributed by atoms with Crippen LogP contribution in [0.4, 0.5) is 0 Å². The van der Waals surface area contributed by atoms with Crippen LogP contribution in [-0.2, 0) is 0 Å². The third-order valence-electron chi connectivity index (χ3n) is 3.05. The Balaban J connectivity index is 1.70. The Morgan fingerprint density at radius 3 is 2.55 bits per heavy atom. The van der Waals surface area contributed by atoms with Crippen molar-refractivity contribution in [2.75, 3.05) is 19.6 Å². The van der Waals surface area contributed by atoms with Crippen LogP contribution in [0.5, 0.6) is 0 Å². The van der Waals surface area contributed by atoms with Crippen LogP contribution in [-0.4, -0.2) is 30.6 Å². The molecule has 2 fully saturated rings. The molecule has 0 aromatic carbocycles. The Kier molecular flexibility index (Phi) is 2.14. The lowest BCUT2D eigenvalue weighted by atomic mass is 10.1. The molecule has 0 spiro atoms. The molecule has 1 saturated heterocycles. The SMILES string of the molecule is NC1CCC(CN2CCC2)C1. The van der Waals surface area contributed by atoms with Crippen LogP contribution in [0.1, 0.15) is 25.7 Å². The first-order chi connectivity index (χ1) is 5.34. The molecule has 2 heteroatoms. The summed E-state index contributed by atoms with van der Waals surface area (Å²) in [4.78, 5) is 2.56. The van der Waals surface area contributed by atoms with Crippen LogP contribution in [0.15, 0.2) is 0 Å². The molecule has 2 N–H and O–H groups in total. The van der Waals surface area contributed by atoms with Crippen molar-refractivity contribution in [2.45, 2.75) is 31.7 Å². The van der Waals surface area contributed by atoms with Crippen molar-refractivity contribution >= 4 is 0 Å². The molecule has 1 saturated carbocycles. The van der Waals surface area contributed by atoms with Crippen molar-refractivity contribution in [1.29, 1.82) is 0 Å². The summed E-state index contributed by atoms with van der Waals surface area (Å²) in [6.07, 6.45) is 5.32. The number of nitrogens with two attached hydrogens (primary N) is 1. The van der Waals surface area contributed by atoms with Crippen molar-refractivity contribution in [2.24, 2.45) is 11.7 Å². The van der Waals surface area contributed by atoms with Gasteiger partial charge in [0.1, 0.15) is 0 Å². The molecule has 1 heterocycles. The Bertz CT molecular complexity index is 132. The van der Waals surface area contributed by atoms with E-state index in [2.05, 4.69) is 4.90 Å². The summed E-state index contributed by atoms with van der Waals surface area (Å²) in [5, 5.41) is 0. The lowest BCUT2D eigenvalue weighted by Gasteiger charge is -2.32. The quantitative estimate of drug-likeness (QED) is 0.638. The van der Waals surface area contributed by atoms with Gasteiger partial charge in [-0.25, -0.2) is 0 Å². The minimum absolute atomic E-state index is 0.515. The smallest absolute Gasteiger partial charge is 0.00420 e. The normalized spacial score (nSPS) is 39.0. The van der Waals surface area contributed by atoms with Gasteiger partial charge in [0.15, 0.2) is 0 Å². The van der Waals surface area contributed by atoms with Crippen molar-refractivity contribution in [3.63, 3.8) is 0 Å². The molecular weight excluding hydrogens is 136 g/mol. The second kappa shape index (κ2) is 3.11. The highest BCUT2D eigenvalue weighted by atomic mass is 15.2. The predicted molar refractivity (Wildman–Crippen MR) is 46.4 cm³/mol. The van der Waals surface area contributed by atoms with Gasteiger partial charge in [-0.05, 0) is 44.7 Å². The average Bonchev–Trinajstić information content (AvgIpc) is 2.27. The monoisotopic (exact) mass is 154 g/mol. The zero-order valence-electron chi connectivity index (χ0n) is 7.13. The highest BCUT2D eigenvalue weighted by Gasteiger charge is 2.25. The minimum atomic E-state index is 0.515. The van der Waals surface area contributed by atoms with Gasteiger partial charge in [0.2, 0.25) is 0 Å². The van der Waals surface area contributed by atoms with Crippen LogP contribution >= 0.6 is 0 Å². The fraction of sp³-hybridized carbons (Fsp3) is 1.00. The van der Waals surface area contributed by atoms with Crippen LogP contribution in [0, 0.1) is 5.92 Å².